The molecule has 5 nitrogen and oxygen atoms in total. The molecule has 2 rings (SSSR count). The van der Waals surface area contributed by atoms with Gasteiger partial charge >= 0.3 is 5.97 Å². The summed E-state index contributed by atoms with van der Waals surface area (Å²) in [5.41, 5.74) is -0.636. The molecule has 0 radical (unpaired) electrons. The van der Waals surface area contributed by atoms with Gasteiger partial charge in [-0.3, -0.25) is 0 Å². The zero-order valence-electron chi connectivity index (χ0n) is 10.5. The van der Waals surface area contributed by atoms with Crippen LogP contribution < -0.4 is 5.36 Å². The lowest BCUT2D eigenvalue weighted by Gasteiger charge is -2.08. The van der Waals surface area contributed by atoms with Gasteiger partial charge in [0.15, 0.2) is 11.6 Å². The lowest BCUT2D eigenvalue weighted by atomic mass is 10.1. The van der Waals surface area contributed by atoms with Gasteiger partial charge in [0.25, 0.3) is 0 Å². The molecule has 0 aliphatic carbocycles. The lowest BCUT2D eigenvalue weighted by Crippen LogP contribution is -2.10. The third-order valence-electron chi connectivity index (χ3n) is 2.68. The minimum absolute atomic E-state index is 0.177. The number of halogens is 2. The fourth-order valence-corrected chi connectivity index (χ4v) is 1.68. The van der Waals surface area contributed by atoms with Crippen molar-refractivity contribution in [1.29, 1.82) is 5.41 Å². The topological polar surface area (TPSA) is 86.3 Å². The summed E-state index contributed by atoms with van der Waals surface area (Å²) in [6.45, 7) is 0. The van der Waals surface area contributed by atoms with E-state index in [4.69, 9.17) is 5.41 Å². The number of pyridine rings is 1. The third kappa shape index (κ3) is 3.14. The number of nitrogens with one attached hydrogen (secondary N) is 1. The lowest BCUT2D eigenvalue weighted by molar-refractivity contribution is -0.130. The number of carboxylic acids is 1. The highest BCUT2D eigenvalue weighted by molar-refractivity contribution is 6.14. The minimum Gasteiger partial charge on any atom is -0.504 e. The second kappa shape index (κ2) is 5.58. The number of phenols is 1. The molecule has 0 spiro atoms. The van der Waals surface area contributed by atoms with Crippen LogP contribution in [0.25, 0.3) is 11.8 Å². The van der Waals surface area contributed by atoms with E-state index in [9.17, 15) is 23.8 Å². The second-order valence-electron chi connectivity index (χ2n) is 4.15. The fraction of sp³-hybridized carbons (Fsp3) is 0. The van der Waals surface area contributed by atoms with Crippen LogP contribution >= 0.6 is 0 Å². The van der Waals surface area contributed by atoms with Crippen molar-refractivity contribution in [3.8, 4) is 5.75 Å². The molecule has 0 aliphatic heterocycles. The molecule has 1 heterocycles. The minimum atomic E-state index is -1.36. The van der Waals surface area contributed by atoms with E-state index in [-0.39, 0.29) is 16.6 Å². The summed E-state index contributed by atoms with van der Waals surface area (Å²) in [5, 5.41) is 26.2. The number of hydrogen-bond acceptors (Lipinski definition) is 3. The molecule has 21 heavy (non-hydrogen) atoms. The smallest absolute Gasteiger partial charge is 0.352 e. The number of benzene rings is 1. The highest BCUT2D eigenvalue weighted by atomic mass is 19.1. The Morgan fingerprint density at radius 2 is 1.86 bits per heavy atom. The molecule has 1 aromatic carbocycles. The van der Waals surface area contributed by atoms with Gasteiger partial charge in [-0.05, 0) is 24.3 Å². The van der Waals surface area contributed by atoms with Crippen molar-refractivity contribution in [3.63, 3.8) is 0 Å². The number of aromatic hydroxyl groups is 1. The zero-order valence-corrected chi connectivity index (χ0v) is 10.5. The molecule has 0 amide bonds. The summed E-state index contributed by atoms with van der Waals surface area (Å²) < 4.78 is 27.6. The van der Waals surface area contributed by atoms with Gasteiger partial charge in [-0.15, -0.1) is 0 Å². The molecule has 0 fully saturated rings. The standard InChI is InChI=1S/C14H10F2N2O3/c15-9-5-8(13(19)11(16)7-9)6-12(14(20)21)18-3-1-10(17)2-4-18/h1-7,17,19H,(H,20,21). The Labute approximate surface area is 117 Å². The van der Waals surface area contributed by atoms with Crippen LogP contribution in [0.1, 0.15) is 5.56 Å². The molecule has 0 unspecified atom stereocenters. The number of carbonyl (C=O) groups is 1. The van der Waals surface area contributed by atoms with Crippen molar-refractivity contribution in [1.82, 2.24) is 4.57 Å². The number of nitrogens with zero attached hydrogens (tertiary/aromatic N) is 1. The number of rotatable bonds is 3. The first kappa shape index (κ1) is 14.4. The zero-order chi connectivity index (χ0) is 15.6. The molecule has 108 valence electrons. The Balaban J connectivity index is 2.60. The average Bonchev–Trinajstić information content (AvgIpc) is 2.42. The summed E-state index contributed by atoms with van der Waals surface area (Å²) >= 11 is 0. The van der Waals surface area contributed by atoms with Crippen molar-refractivity contribution in [2.45, 2.75) is 0 Å². The van der Waals surface area contributed by atoms with Gasteiger partial charge in [-0.2, -0.15) is 0 Å². The molecule has 0 aliphatic rings. The summed E-state index contributed by atoms with van der Waals surface area (Å²) in [6, 6.07) is 4.02. The number of aliphatic carboxylic acids is 1. The predicted octanol–water partition coefficient (Wildman–Crippen LogP) is 2.03. The second-order valence-corrected chi connectivity index (χ2v) is 4.15. The van der Waals surface area contributed by atoms with Crippen LogP contribution in [0.5, 0.6) is 5.75 Å². The van der Waals surface area contributed by atoms with Crippen LogP contribution in [-0.2, 0) is 4.79 Å². The van der Waals surface area contributed by atoms with Gasteiger partial charge in [-0.25, -0.2) is 13.6 Å². The van der Waals surface area contributed by atoms with Gasteiger partial charge in [0.1, 0.15) is 11.5 Å². The predicted molar refractivity (Wildman–Crippen MR) is 70.1 cm³/mol. The summed E-state index contributed by atoms with van der Waals surface area (Å²) in [6.07, 6.45) is 3.57. The van der Waals surface area contributed by atoms with Crippen LogP contribution in [0.3, 0.4) is 0 Å². The Morgan fingerprint density at radius 3 is 2.43 bits per heavy atom. The molecule has 7 heteroatoms. The third-order valence-corrected chi connectivity index (χ3v) is 2.68. The van der Waals surface area contributed by atoms with Crippen molar-refractivity contribution in [2.24, 2.45) is 0 Å². The van der Waals surface area contributed by atoms with Crippen molar-refractivity contribution in [2.75, 3.05) is 0 Å². The summed E-state index contributed by atoms with van der Waals surface area (Å²) in [5.74, 6) is -4.32. The Hall–Kier alpha value is -2.96. The molecule has 0 saturated carbocycles. The summed E-state index contributed by atoms with van der Waals surface area (Å²) in [4.78, 5) is 11.3. The SMILES string of the molecule is N=c1ccn(C(=Cc2cc(F)cc(F)c2O)C(=O)O)cc1. The normalized spacial score (nSPS) is 11.4. The van der Waals surface area contributed by atoms with Crippen LogP contribution in [0, 0.1) is 17.0 Å². The van der Waals surface area contributed by atoms with E-state index in [0.717, 1.165) is 16.7 Å². The molecular weight excluding hydrogens is 282 g/mol. The fourth-order valence-electron chi connectivity index (χ4n) is 1.68. The largest absolute Gasteiger partial charge is 0.504 e. The Kier molecular flexibility index (Phi) is 3.84. The van der Waals surface area contributed by atoms with Crippen molar-refractivity contribution >= 4 is 17.7 Å². The van der Waals surface area contributed by atoms with E-state index in [0.29, 0.717) is 6.07 Å². The maximum Gasteiger partial charge on any atom is 0.352 e. The average molecular weight is 292 g/mol. The molecular formula is C14H10F2N2O3. The van der Waals surface area contributed by atoms with E-state index >= 15 is 0 Å². The number of hydrogen-bond donors (Lipinski definition) is 3. The van der Waals surface area contributed by atoms with Gasteiger partial charge in [0.2, 0.25) is 0 Å². The first-order valence-corrected chi connectivity index (χ1v) is 5.75. The molecule has 3 N–H and O–H groups in total. The van der Waals surface area contributed by atoms with Crippen LogP contribution in [-0.4, -0.2) is 20.7 Å². The number of aromatic nitrogens is 1. The molecule has 1 aromatic heterocycles. The maximum absolute atomic E-state index is 13.2. The highest BCUT2D eigenvalue weighted by Gasteiger charge is 2.13. The maximum atomic E-state index is 13.2. The van der Waals surface area contributed by atoms with Crippen molar-refractivity contribution in [3.05, 3.63) is 59.2 Å². The Bertz CT molecular complexity index is 777. The monoisotopic (exact) mass is 292 g/mol. The first-order chi connectivity index (χ1) is 9.88. The van der Waals surface area contributed by atoms with Crippen LogP contribution in [0.4, 0.5) is 8.78 Å². The van der Waals surface area contributed by atoms with Gasteiger partial charge in [-0.1, -0.05) is 0 Å². The van der Waals surface area contributed by atoms with Gasteiger partial charge < -0.3 is 20.2 Å². The van der Waals surface area contributed by atoms with Crippen LogP contribution in [0.2, 0.25) is 0 Å². The Morgan fingerprint density at radius 1 is 1.24 bits per heavy atom. The van der Waals surface area contributed by atoms with E-state index in [1.54, 1.807) is 0 Å². The quantitative estimate of drug-likeness (QED) is 0.757. The van der Waals surface area contributed by atoms with E-state index in [1.807, 2.05) is 0 Å². The van der Waals surface area contributed by atoms with Crippen LogP contribution in [0.15, 0.2) is 36.7 Å². The molecule has 0 bridgehead atoms. The highest BCUT2D eigenvalue weighted by Crippen LogP contribution is 2.25. The van der Waals surface area contributed by atoms with Gasteiger partial charge in [0, 0.05) is 24.0 Å². The summed E-state index contributed by atoms with van der Waals surface area (Å²) in [7, 11) is 0. The van der Waals surface area contributed by atoms with E-state index in [1.165, 1.54) is 24.5 Å². The molecule has 0 saturated heterocycles. The van der Waals surface area contributed by atoms with E-state index < -0.39 is 23.4 Å². The van der Waals surface area contributed by atoms with Crippen molar-refractivity contribution < 1.29 is 23.8 Å². The number of phenolic OH excluding ortho intramolecular Hbond substituents is 1. The van der Waals surface area contributed by atoms with Gasteiger partial charge in [0.05, 0.1) is 5.36 Å². The molecule has 2 aromatic rings. The molecule has 0 atom stereocenters. The number of carboxylic acid groups (broad SMARTS) is 1. The first-order valence-electron chi connectivity index (χ1n) is 5.75. The van der Waals surface area contributed by atoms with E-state index in [2.05, 4.69) is 0 Å².